The normalized spacial score (nSPS) is 30.0. The molecule has 1 aromatic rings. The summed E-state index contributed by atoms with van der Waals surface area (Å²) in [5.74, 6) is 1.93. The fourth-order valence-electron chi connectivity index (χ4n) is 3.75. The number of nitrogens with zero attached hydrogens (tertiary/aromatic N) is 4. The molecule has 0 radical (unpaired) electrons. The Balaban J connectivity index is 1.58. The summed E-state index contributed by atoms with van der Waals surface area (Å²) in [6, 6.07) is 1.83. The molecule has 9 heteroatoms. The molecule has 3 aliphatic rings. The molecule has 0 aromatic carbocycles. The third-order valence-electron chi connectivity index (χ3n) is 4.91. The number of hydrogen-bond donors (Lipinski definition) is 1. The van der Waals surface area contributed by atoms with E-state index in [2.05, 4.69) is 20.1 Å². The molecule has 0 saturated carbocycles. The maximum atomic E-state index is 12.0. The van der Waals surface area contributed by atoms with Crippen LogP contribution in [0.5, 0.6) is 0 Å². The van der Waals surface area contributed by atoms with Crippen molar-refractivity contribution in [3.63, 3.8) is 0 Å². The first-order chi connectivity index (χ1) is 11.6. The van der Waals surface area contributed by atoms with Gasteiger partial charge in [0.2, 0.25) is 5.95 Å². The second kappa shape index (κ2) is 6.45. The van der Waals surface area contributed by atoms with Crippen LogP contribution in [0, 0.1) is 0 Å². The van der Waals surface area contributed by atoms with E-state index < -0.39 is 9.84 Å². The van der Waals surface area contributed by atoms with E-state index in [-0.39, 0.29) is 23.6 Å². The van der Waals surface area contributed by atoms with Gasteiger partial charge in [0.05, 0.1) is 24.2 Å². The van der Waals surface area contributed by atoms with E-state index in [1.165, 1.54) is 0 Å². The highest BCUT2D eigenvalue weighted by atomic mass is 32.2. The second-order valence-corrected chi connectivity index (χ2v) is 8.72. The number of piperazine rings is 1. The Hall–Kier alpha value is -1.45. The molecule has 0 unspecified atom stereocenters. The molecule has 3 aliphatic heterocycles. The summed E-state index contributed by atoms with van der Waals surface area (Å²) in [6.07, 6.45) is 2.73. The van der Waals surface area contributed by atoms with Crippen LogP contribution >= 0.6 is 0 Å². The average Bonchev–Trinajstić information content (AvgIpc) is 2.75. The van der Waals surface area contributed by atoms with E-state index in [1.54, 1.807) is 6.20 Å². The van der Waals surface area contributed by atoms with E-state index in [1.807, 2.05) is 6.07 Å². The number of rotatable bonds is 2. The minimum absolute atomic E-state index is 0.00579. The van der Waals surface area contributed by atoms with Gasteiger partial charge < -0.3 is 19.9 Å². The summed E-state index contributed by atoms with van der Waals surface area (Å²) in [6.45, 7) is 4.65. The molecule has 0 aliphatic carbocycles. The predicted molar refractivity (Wildman–Crippen MR) is 91.3 cm³/mol. The van der Waals surface area contributed by atoms with E-state index in [9.17, 15) is 8.42 Å². The lowest BCUT2D eigenvalue weighted by atomic mass is 10.1. The van der Waals surface area contributed by atoms with E-state index in [0.29, 0.717) is 12.6 Å². The Morgan fingerprint density at radius 2 is 2.12 bits per heavy atom. The van der Waals surface area contributed by atoms with Gasteiger partial charge in [0.15, 0.2) is 9.84 Å². The van der Waals surface area contributed by atoms with Crippen molar-refractivity contribution in [1.29, 1.82) is 0 Å². The molecule has 4 heterocycles. The first-order valence-electron chi connectivity index (χ1n) is 8.49. The fourth-order valence-corrected chi connectivity index (χ4v) is 5.71. The lowest BCUT2D eigenvalue weighted by molar-refractivity contribution is 0.152. The number of sulfone groups is 1. The first kappa shape index (κ1) is 16.0. The van der Waals surface area contributed by atoms with Crippen molar-refractivity contribution in [2.24, 2.45) is 0 Å². The molecular weight excluding hydrogens is 330 g/mol. The van der Waals surface area contributed by atoms with Crippen molar-refractivity contribution in [3.8, 4) is 0 Å². The van der Waals surface area contributed by atoms with Gasteiger partial charge in [0, 0.05) is 45.0 Å². The number of hydrogen-bond acceptors (Lipinski definition) is 8. The SMILES string of the molecule is O=S1(=O)C[C@@H]2NCCN(c3ccnc(N4CCCOCC4)n3)[C@@H]2C1. The van der Waals surface area contributed by atoms with Crippen molar-refractivity contribution in [3.05, 3.63) is 12.3 Å². The van der Waals surface area contributed by atoms with Crippen molar-refractivity contribution in [2.45, 2.75) is 18.5 Å². The highest BCUT2D eigenvalue weighted by Crippen LogP contribution is 2.26. The zero-order chi connectivity index (χ0) is 16.6. The van der Waals surface area contributed by atoms with Crippen molar-refractivity contribution < 1.29 is 13.2 Å². The van der Waals surface area contributed by atoms with Crippen LogP contribution in [-0.4, -0.2) is 81.4 Å². The Bertz CT molecular complexity index is 690. The van der Waals surface area contributed by atoms with Gasteiger partial charge in [-0.2, -0.15) is 4.98 Å². The second-order valence-electron chi connectivity index (χ2n) is 6.57. The van der Waals surface area contributed by atoms with Crippen molar-refractivity contribution in [2.75, 3.05) is 60.7 Å². The quantitative estimate of drug-likeness (QED) is 0.745. The lowest BCUT2D eigenvalue weighted by Crippen LogP contribution is -2.57. The predicted octanol–water partition coefficient (Wildman–Crippen LogP) is -0.721. The summed E-state index contributed by atoms with van der Waals surface area (Å²) in [7, 11) is -2.98. The maximum Gasteiger partial charge on any atom is 0.227 e. The van der Waals surface area contributed by atoms with Gasteiger partial charge in [0.25, 0.3) is 0 Å². The van der Waals surface area contributed by atoms with Crippen LogP contribution in [-0.2, 0) is 14.6 Å². The van der Waals surface area contributed by atoms with Gasteiger partial charge in [-0.15, -0.1) is 0 Å². The van der Waals surface area contributed by atoms with Gasteiger partial charge in [0.1, 0.15) is 5.82 Å². The number of anilines is 2. The number of ether oxygens (including phenoxy) is 1. The summed E-state index contributed by atoms with van der Waals surface area (Å²) < 4.78 is 29.5. The Labute approximate surface area is 142 Å². The first-order valence-corrected chi connectivity index (χ1v) is 10.3. The number of nitrogens with one attached hydrogen (secondary N) is 1. The minimum Gasteiger partial charge on any atom is -0.380 e. The summed E-state index contributed by atoms with van der Waals surface area (Å²) in [4.78, 5) is 13.4. The monoisotopic (exact) mass is 353 g/mol. The van der Waals surface area contributed by atoms with Gasteiger partial charge in [-0.05, 0) is 12.5 Å². The standard InChI is InChI=1S/C15H23N5O3S/c21-24(22)10-12-13(11-24)20(6-4-16-12)14-2-3-17-15(18-14)19-5-1-8-23-9-7-19/h2-3,12-13,16H,1,4-11H2/t12-,13+/m0/s1. The summed E-state index contributed by atoms with van der Waals surface area (Å²) in [5, 5.41) is 3.33. The molecule has 1 aromatic heterocycles. The summed E-state index contributed by atoms with van der Waals surface area (Å²) in [5.41, 5.74) is 0. The average molecular weight is 353 g/mol. The van der Waals surface area contributed by atoms with E-state index in [0.717, 1.165) is 45.0 Å². The maximum absolute atomic E-state index is 12.0. The molecule has 0 spiro atoms. The Morgan fingerprint density at radius 1 is 1.21 bits per heavy atom. The van der Waals surface area contributed by atoms with Crippen LogP contribution in [0.1, 0.15) is 6.42 Å². The molecule has 4 rings (SSSR count). The van der Waals surface area contributed by atoms with Crippen LogP contribution in [0.2, 0.25) is 0 Å². The zero-order valence-corrected chi connectivity index (χ0v) is 14.4. The Morgan fingerprint density at radius 3 is 3.04 bits per heavy atom. The summed E-state index contributed by atoms with van der Waals surface area (Å²) >= 11 is 0. The highest BCUT2D eigenvalue weighted by molar-refractivity contribution is 7.91. The largest absolute Gasteiger partial charge is 0.380 e. The molecule has 3 fully saturated rings. The minimum atomic E-state index is -2.98. The van der Waals surface area contributed by atoms with Crippen LogP contribution in [0.3, 0.4) is 0 Å². The van der Waals surface area contributed by atoms with Crippen molar-refractivity contribution >= 4 is 21.6 Å². The molecule has 0 bridgehead atoms. The van der Waals surface area contributed by atoms with Crippen molar-refractivity contribution in [1.82, 2.24) is 15.3 Å². The number of fused-ring (bicyclic) bond motifs is 1. The van der Waals surface area contributed by atoms with Crippen LogP contribution in [0.25, 0.3) is 0 Å². The molecule has 2 atom stereocenters. The van der Waals surface area contributed by atoms with Crippen LogP contribution in [0.4, 0.5) is 11.8 Å². The van der Waals surface area contributed by atoms with Gasteiger partial charge >= 0.3 is 0 Å². The lowest BCUT2D eigenvalue weighted by Gasteiger charge is -2.38. The molecular formula is C15H23N5O3S. The van der Waals surface area contributed by atoms with Crippen LogP contribution < -0.4 is 15.1 Å². The third-order valence-corrected chi connectivity index (χ3v) is 6.63. The van der Waals surface area contributed by atoms with Crippen LogP contribution in [0.15, 0.2) is 12.3 Å². The fraction of sp³-hybridized carbons (Fsp3) is 0.733. The molecule has 1 N–H and O–H groups in total. The molecule has 132 valence electrons. The molecule has 24 heavy (non-hydrogen) atoms. The van der Waals surface area contributed by atoms with E-state index in [4.69, 9.17) is 9.72 Å². The van der Waals surface area contributed by atoms with Gasteiger partial charge in [-0.25, -0.2) is 13.4 Å². The zero-order valence-electron chi connectivity index (χ0n) is 13.6. The highest BCUT2D eigenvalue weighted by Gasteiger charge is 2.43. The van der Waals surface area contributed by atoms with E-state index >= 15 is 0 Å². The number of aromatic nitrogens is 2. The smallest absolute Gasteiger partial charge is 0.227 e. The molecule has 8 nitrogen and oxygen atoms in total. The van der Waals surface area contributed by atoms with Gasteiger partial charge in [-0.1, -0.05) is 0 Å². The van der Waals surface area contributed by atoms with Gasteiger partial charge in [-0.3, -0.25) is 0 Å². The molecule has 3 saturated heterocycles. The topological polar surface area (TPSA) is 87.7 Å². The molecule has 0 amide bonds. The Kier molecular flexibility index (Phi) is 4.31. The third kappa shape index (κ3) is 3.20.